The smallest absolute Gasteiger partial charge is 0.270 e. The quantitative estimate of drug-likeness (QED) is 0.619. The van der Waals surface area contributed by atoms with Crippen molar-refractivity contribution in [3.63, 3.8) is 0 Å². The number of hydrogen-bond donors (Lipinski definition) is 0. The monoisotopic (exact) mass is 433 g/mol. The Morgan fingerprint density at radius 3 is 2.28 bits per heavy atom. The molecule has 0 radical (unpaired) electrons. The zero-order valence-electron chi connectivity index (χ0n) is 18.2. The van der Waals surface area contributed by atoms with Gasteiger partial charge in [-0.3, -0.25) is 9.78 Å². The summed E-state index contributed by atoms with van der Waals surface area (Å²) in [7, 11) is 1.91. The summed E-state index contributed by atoms with van der Waals surface area (Å²) in [5.41, 5.74) is 3.67. The van der Waals surface area contributed by atoms with Crippen molar-refractivity contribution in [3.8, 4) is 11.1 Å². The molecule has 0 N–H and O–H groups in total. The molecule has 0 atom stereocenters. The van der Waals surface area contributed by atoms with Crippen LogP contribution in [0.1, 0.15) is 10.5 Å². The van der Waals surface area contributed by atoms with Gasteiger partial charge >= 0.3 is 0 Å². The summed E-state index contributed by atoms with van der Waals surface area (Å²) in [5.74, 6) is 0.773. The van der Waals surface area contributed by atoms with Gasteiger partial charge in [0, 0.05) is 94.1 Å². The molecule has 0 spiro atoms. The topological polar surface area (TPSA) is 79.6 Å². The standard InChI is InChI=1S/C23H27N7O2/c1-27-17-18(19-15-25-23(26-16-19)30-10-12-32-13-11-30)14-21(27)22(31)29-8-6-28(7-9-29)20-2-4-24-5-3-20/h2-5,14-17H,6-13H2,1H3. The van der Waals surface area contributed by atoms with Gasteiger partial charge in [0.15, 0.2) is 0 Å². The summed E-state index contributed by atoms with van der Waals surface area (Å²) in [6.07, 6.45) is 9.22. The van der Waals surface area contributed by atoms with Gasteiger partial charge in [-0.1, -0.05) is 0 Å². The molecule has 1 amide bonds. The third-order valence-electron chi connectivity index (χ3n) is 6.08. The molecule has 2 fully saturated rings. The molecule has 0 aliphatic carbocycles. The van der Waals surface area contributed by atoms with Gasteiger partial charge in [0.25, 0.3) is 5.91 Å². The van der Waals surface area contributed by atoms with Gasteiger partial charge in [-0.05, 0) is 18.2 Å². The van der Waals surface area contributed by atoms with E-state index in [1.165, 1.54) is 0 Å². The van der Waals surface area contributed by atoms with E-state index in [9.17, 15) is 4.79 Å². The van der Waals surface area contributed by atoms with E-state index in [-0.39, 0.29) is 5.91 Å². The Balaban J connectivity index is 1.26. The average molecular weight is 434 g/mol. The van der Waals surface area contributed by atoms with Crippen molar-refractivity contribution in [1.29, 1.82) is 0 Å². The minimum Gasteiger partial charge on any atom is -0.378 e. The summed E-state index contributed by atoms with van der Waals surface area (Å²) >= 11 is 0. The predicted octanol–water partition coefficient (Wildman–Crippen LogP) is 1.68. The maximum Gasteiger partial charge on any atom is 0.270 e. The molecule has 3 aromatic heterocycles. The van der Waals surface area contributed by atoms with Crippen LogP contribution in [0.5, 0.6) is 0 Å². The van der Waals surface area contributed by atoms with Gasteiger partial charge in [-0.25, -0.2) is 9.97 Å². The van der Waals surface area contributed by atoms with Crippen LogP contribution in [0.25, 0.3) is 11.1 Å². The first-order valence-electron chi connectivity index (χ1n) is 10.9. The Kier molecular flexibility index (Phi) is 5.72. The molecule has 2 aliphatic heterocycles. The van der Waals surface area contributed by atoms with Crippen molar-refractivity contribution in [1.82, 2.24) is 24.4 Å². The van der Waals surface area contributed by atoms with Crippen LogP contribution in [-0.4, -0.2) is 82.8 Å². The van der Waals surface area contributed by atoms with E-state index in [2.05, 4.69) is 24.8 Å². The lowest BCUT2D eigenvalue weighted by molar-refractivity contribution is 0.0737. The Bertz CT molecular complexity index is 1050. The van der Waals surface area contributed by atoms with Crippen LogP contribution >= 0.6 is 0 Å². The minimum absolute atomic E-state index is 0.0546. The third kappa shape index (κ3) is 4.16. The normalized spacial score (nSPS) is 17.0. The van der Waals surface area contributed by atoms with Crippen molar-refractivity contribution in [2.75, 3.05) is 62.3 Å². The van der Waals surface area contributed by atoms with Crippen molar-refractivity contribution in [2.45, 2.75) is 0 Å². The van der Waals surface area contributed by atoms with Gasteiger partial charge in [-0.15, -0.1) is 0 Å². The molecule has 166 valence electrons. The van der Waals surface area contributed by atoms with E-state index in [0.717, 1.165) is 48.9 Å². The Morgan fingerprint density at radius 1 is 0.906 bits per heavy atom. The summed E-state index contributed by atoms with van der Waals surface area (Å²) in [6.45, 7) is 6.01. The molecule has 5 heterocycles. The van der Waals surface area contributed by atoms with E-state index >= 15 is 0 Å². The molecule has 9 nitrogen and oxygen atoms in total. The number of rotatable bonds is 4. The van der Waals surface area contributed by atoms with Crippen LogP contribution < -0.4 is 9.80 Å². The van der Waals surface area contributed by atoms with Gasteiger partial charge < -0.3 is 24.0 Å². The lowest BCUT2D eigenvalue weighted by Gasteiger charge is -2.36. The molecule has 9 heteroatoms. The van der Waals surface area contributed by atoms with Gasteiger partial charge in [-0.2, -0.15) is 0 Å². The van der Waals surface area contributed by atoms with E-state index < -0.39 is 0 Å². The molecule has 5 rings (SSSR count). The largest absolute Gasteiger partial charge is 0.378 e. The zero-order chi connectivity index (χ0) is 21.9. The van der Waals surface area contributed by atoms with Crippen LogP contribution in [0, 0.1) is 0 Å². The molecule has 3 aromatic rings. The molecule has 2 saturated heterocycles. The van der Waals surface area contributed by atoms with Crippen molar-refractivity contribution in [2.24, 2.45) is 7.05 Å². The molecule has 32 heavy (non-hydrogen) atoms. The number of pyridine rings is 1. The number of aromatic nitrogens is 4. The van der Waals surface area contributed by atoms with E-state index in [4.69, 9.17) is 4.74 Å². The van der Waals surface area contributed by atoms with E-state index in [0.29, 0.717) is 32.0 Å². The second-order valence-corrected chi connectivity index (χ2v) is 8.08. The first-order valence-corrected chi connectivity index (χ1v) is 10.9. The Labute approximate surface area is 187 Å². The Hall–Kier alpha value is -3.46. The van der Waals surface area contributed by atoms with Crippen LogP contribution in [0.2, 0.25) is 0 Å². The number of hydrogen-bond acceptors (Lipinski definition) is 7. The molecular weight excluding hydrogens is 406 g/mol. The fourth-order valence-corrected chi connectivity index (χ4v) is 4.22. The van der Waals surface area contributed by atoms with Gasteiger partial charge in [0.2, 0.25) is 5.95 Å². The first kappa shape index (κ1) is 20.4. The number of anilines is 2. The third-order valence-corrected chi connectivity index (χ3v) is 6.08. The minimum atomic E-state index is 0.0546. The SMILES string of the molecule is Cn1cc(-c2cnc(N3CCOCC3)nc2)cc1C(=O)N1CCN(c2ccncc2)CC1. The number of ether oxygens (including phenoxy) is 1. The summed E-state index contributed by atoms with van der Waals surface area (Å²) in [4.78, 5) is 32.7. The van der Waals surface area contributed by atoms with E-state index in [1.807, 2.05) is 53.3 Å². The maximum atomic E-state index is 13.2. The van der Waals surface area contributed by atoms with Gasteiger partial charge in [0.05, 0.1) is 13.2 Å². The summed E-state index contributed by atoms with van der Waals surface area (Å²) in [6, 6.07) is 5.95. The second kappa shape index (κ2) is 8.96. The number of nitrogens with zero attached hydrogens (tertiary/aromatic N) is 7. The zero-order valence-corrected chi connectivity index (χ0v) is 18.2. The number of carbonyl (C=O) groups is 1. The highest BCUT2D eigenvalue weighted by Gasteiger charge is 2.24. The first-order chi connectivity index (χ1) is 15.7. The summed E-state index contributed by atoms with van der Waals surface area (Å²) in [5, 5.41) is 0. The molecule has 0 unspecified atom stereocenters. The fourth-order valence-electron chi connectivity index (χ4n) is 4.22. The average Bonchev–Trinajstić information content (AvgIpc) is 3.26. The van der Waals surface area contributed by atoms with Crippen LogP contribution in [0.3, 0.4) is 0 Å². The number of piperazine rings is 1. The molecule has 0 bridgehead atoms. The predicted molar refractivity (Wildman–Crippen MR) is 122 cm³/mol. The maximum absolute atomic E-state index is 13.2. The van der Waals surface area contributed by atoms with Crippen LogP contribution in [0.4, 0.5) is 11.6 Å². The number of aryl methyl sites for hydroxylation is 1. The van der Waals surface area contributed by atoms with Crippen molar-refractivity contribution in [3.05, 3.63) is 54.9 Å². The highest BCUT2D eigenvalue weighted by molar-refractivity contribution is 5.94. The van der Waals surface area contributed by atoms with Crippen molar-refractivity contribution >= 4 is 17.5 Å². The Morgan fingerprint density at radius 2 is 1.59 bits per heavy atom. The highest BCUT2D eigenvalue weighted by Crippen LogP contribution is 2.23. The van der Waals surface area contributed by atoms with Gasteiger partial charge in [0.1, 0.15) is 5.69 Å². The summed E-state index contributed by atoms with van der Waals surface area (Å²) < 4.78 is 7.28. The number of morpholine rings is 1. The number of amides is 1. The highest BCUT2D eigenvalue weighted by atomic mass is 16.5. The lowest BCUT2D eigenvalue weighted by Crippen LogP contribution is -2.49. The molecule has 0 aromatic carbocycles. The van der Waals surface area contributed by atoms with Crippen LogP contribution in [0.15, 0.2) is 49.2 Å². The fraction of sp³-hybridized carbons (Fsp3) is 0.391. The van der Waals surface area contributed by atoms with Crippen molar-refractivity contribution < 1.29 is 9.53 Å². The lowest BCUT2D eigenvalue weighted by atomic mass is 10.2. The number of carbonyl (C=O) groups excluding carboxylic acids is 1. The van der Waals surface area contributed by atoms with E-state index in [1.54, 1.807) is 12.4 Å². The molecule has 2 aliphatic rings. The molecule has 0 saturated carbocycles. The molecular formula is C23H27N7O2. The van der Waals surface area contributed by atoms with Crippen LogP contribution in [-0.2, 0) is 11.8 Å². The second-order valence-electron chi connectivity index (χ2n) is 8.08.